The van der Waals surface area contributed by atoms with Gasteiger partial charge < -0.3 is 5.32 Å². The Balaban J connectivity index is 1.90. The lowest BCUT2D eigenvalue weighted by Gasteiger charge is -2.23. The number of hydrogen-bond donors (Lipinski definition) is 1. The minimum Gasteiger partial charge on any atom is -0.307 e. The van der Waals surface area contributed by atoms with E-state index in [1.165, 1.54) is 34.9 Å². The first-order valence-electron chi connectivity index (χ1n) is 7.47. The second kappa shape index (κ2) is 7.64. The monoisotopic (exact) mass is 397 g/mol. The van der Waals surface area contributed by atoms with E-state index in [0.29, 0.717) is 28.1 Å². The maximum Gasteiger partial charge on any atom is 0.332 e. The molecule has 1 unspecified atom stereocenters. The van der Waals surface area contributed by atoms with Crippen LogP contribution in [-0.4, -0.2) is 23.0 Å². The number of hydrogen-bond acceptors (Lipinski definition) is 3. The third-order valence-corrected chi connectivity index (χ3v) is 5.02. The van der Waals surface area contributed by atoms with Gasteiger partial charge in [0.05, 0.1) is 17.3 Å². The van der Waals surface area contributed by atoms with E-state index in [0.717, 1.165) is 0 Å². The first kappa shape index (κ1) is 18.0. The minimum atomic E-state index is -0.545. The van der Waals surface area contributed by atoms with Crippen LogP contribution in [-0.2, 0) is 0 Å². The van der Waals surface area contributed by atoms with Crippen molar-refractivity contribution in [3.8, 4) is 0 Å². The van der Waals surface area contributed by atoms with Gasteiger partial charge in [0.2, 0.25) is 0 Å². The van der Waals surface area contributed by atoms with Crippen molar-refractivity contribution >= 4 is 57.5 Å². The zero-order chi connectivity index (χ0) is 18.0. The van der Waals surface area contributed by atoms with Crippen molar-refractivity contribution in [1.29, 1.82) is 0 Å². The highest BCUT2D eigenvalue weighted by atomic mass is 35.5. The zero-order valence-corrected chi connectivity index (χ0v) is 15.5. The number of urea groups is 1. The van der Waals surface area contributed by atoms with E-state index in [1.54, 1.807) is 24.3 Å². The minimum absolute atomic E-state index is 0.0618. The van der Waals surface area contributed by atoms with E-state index >= 15 is 0 Å². The number of halogens is 3. The Morgan fingerprint density at radius 1 is 1.32 bits per heavy atom. The Morgan fingerprint density at radius 3 is 2.76 bits per heavy atom. The van der Waals surface area contributed by atoms with E-state index in [9.17, 15) is 9.18 Å². The molecule has 1 N–H and O–H groups in total. The number of nitrogens with zero attached hydrogens (tertiary/aromatic N) is 2. The fraction of sp³-hybridized carbons (Fsp3) is 0.176. The second-order valence-corrected chi connectivity index (χ2v) is 7.68. The van der Waals surface area contributed by atoms with Gasteiger partial charge in [0, 0.05) is 16.0 Å². The molecule has 2 aromatic carbocycles. The van der Waals surface area contributed by atoms with Crippen LogP contribution in [0, 0.1) is 5.82 Å². The lowest BCUT2D eigenvalue weighted by Crippen LogP contribution is -2.38. The maximum atomic E-state index is 13.3. The molecule has 2 amide bonds. The van der Waals surface area contributed by atoms with E-state index < -0.39 is 11.8 Å². The Labute approximate surface area is 159 Å². The topological polar surface area (TPSA) is 44.7 Å². The Bertz CT molecular complexity index is 846. The van der Waals surface area contributed by atoms with Crippen molar-refractivity contribution in [3.63, 3.8) is 0 Å². The molecule has 0 saturated carbocycles. The number of rotatable bonds is 2. The van der Waals surface area contributed by atoms with Crippen LogP contribution < -0.4 is 10.2 Å². The van der Waals surface area contributed by atoms with Gasteiger partial charge in [-0.25, -0.2) is 14.1 Å². The summed E-state index contributed by atoms with van der Waals surface area (Å²) in [5.41, 5.74) is 0.985. The number of amides is 2. The highest BCUT2D eigenvalue weighted by molar-refractivity contribution is 8.15. The zero-order valence-electron chi connectivity index (χ0n) is 13.2. The molecule has 1 aliphatic heterocycles. The molecule has 0 aromatic heterocycles. The van der Waals surface area contributed by atoms with Crippen LogP contribution in [0.5, 0.6) is 0 Å². The molecular formula is C17H14Cl2FN3OS. The second-order valence-electron chi connectivity index (χ2n) is 5.43. The van der Waals surface area contributed by atoms with Gasteiger partial charge in [0.25, 0.3) is 0 Å². The molecule has 1 atom stereocenters. The number of benzene rings is 2. The van der Waals surface area contributed by atoms with Gasteiger partial charge in [-0.3, -0.25) is 4.99 Å². The normalized spacial score (nSPS) is 16.5. The summed E-state index contributed by atoms with van der Waals surface area (Å²) in [5, 5.41) is 4.03. The van der Waals surface area contributed by atoms with Crippen molar-refractivity contribution in [2.45, 2.75) is 12.2 Å². The molecule has 2 aromatic rings. The number of nitrogens with one attached hydrogen (secondary N) is 1. The van der Waals surface area contributed by atoms with E-state index in [-0.39, 0.29) is 10.3 Å². The standard InChI is InChI=1S/C17H14Cl2FN3OS/c1-10-9-21-17(25-10)23(13-4-2-3-11(18)7-13)16(24)22-12-5-6-15(20)14(19)8-12/h2-8,10H,9H2,1H3,(H,22,24). The molecule has 1 heterocycles. The number of thioether (sulfide) groups is 1. The van der Waals surface area contributed by atoms with Crippen LogP contribution in [0.3, 0.4) is 0 Å². The highest BCUT2D eigenvalue weighted by Gasteiger charge is 2.27. The van der Waals surface area contributed by atoms with Gasteiger partial charge in [-0.15, -0.1) is 0 Å². The van der Waals surface area contributed by atoms with Gasteiger partial charge in [-0.2, -0.15) is 0 Å². The quantitative estimate of drug-likeness (QED) is 0.709. The molecule has 0 bridgehead atoms. The summed E-state index contributed by atoms with van der Waals surface area (Å²) in [6.45, 7) is 2.67. The average Bonchev–Trinajstić information content (AvgIpc) is 2.97. The van der Waals surface area contributed by atoms with Gasteiger partial charge in [-0.05, 0) is 36.4 Å². The molecule has 130 valence electrons. The SMILES string of the molecule is CC1CN=C(N(C(=O)Nc2ccc(F)c(Cl)c2)c2cccc(Cl)c2)S1. The summed E-state index contributed by atoms with van der Waals surface area (Å²) in [4.78, 5) is 18.7. The summed E-state index contributed by atoms with van der Waals surface area (Å²) in [5.74, 6) is -0.545. The molecular weight excluding hydrogens is 384 g/mol. The lowest BCUT2D eigenvalue weighted by molar-refractivity contribution is 0.259. The number of amidine groups is 1. The molecule has 0 fully saturated rings. The lowest BCUT2D eigenvalue weighted by atomic mass is 10.3. The van der Waals surface area contributed by atoms with Gasteiger partial charge in [0.1, 0.15) is 5.82 Å². The van der Waals surface area contributed by atoms with Crippen molar-refractivity contribution < 1.29 is 9.18 Å². The Morgan fingerprint density at radius 2 is 2.12 bits per heavy atom. The van der Waals surface area contributed by atoms with E-state index in [2.05, 4.69) is 10.3 Å². The first-order chi connectivity index (χ1) is 11.9. The Kier molecular flexibility index (Phi) is 5.51. The van der Waals surface area contributed by atoms with Crippen molar-refractivity contribution in [1.82, 2.24) is 0 Å². The fourth-order valence-electron chi connectivity index (χ4n) is 2.27. The fourth-order valence-corrected chi connectivity index (χ4v) is 3.58. The number of aliphatic imine (C=N–C) groups is 1. The van der Waals surface area contributed by atoms with Gasteiger partial charge in [0.15, 0.2) is 5.17 Å². The number of carbonyl (C=O) groups excluding carboxylic acids is 1. The van der Waals surface area contributed by atoms with Crippen molar-refractivity contribution in [2.75, 3.05) is 16.8 Å². The van der Waals surface area contributed by atoms with Gasteiger partial charge >= 0.3 is 6.03 Å². The highest BCUT2D eigenvalue weighted by Crippen LogP contribution is 2.29. The number of carbonyl (C=O) groups is 1. The maximum absolute atomic E-state index is 13.3. The first-order valence-corrected chi connectivity index (χ1v) is 9.10. The average molecular weight is 398 g/mol. The third-order valence-electron chi connectivity index (χ3n) is 3.42. The predicted octanol–water partition coefficient (Wildman–Crippen LogP) is 5.66. The molecule has 3 rings (SSSR count). The molecule has 0 radical (unpaired) electrons. The molecule has 8 heteroatoms. The third kappa shape index (κ3) is 4.26. The summed E-state index contributed by atoms with van der Waals surface area (Å²) in [6, 6.07) is 10.5. The van der Waals surface area contributed by atoms with Crippen LogP contribution in [0.25, 0.3) is 0 Å². The molecule has 25 heavy (non-hydrogen) atoms. The molecule has 0 saturated heterocycles. The summed E-state index contributed by atoms with van der Waals surface area (Å²) < 4.78 is 13.3. The largest absolute Gasteiger partial charge is 0.332 e. The number of anilines is 2. The summed E-state index contributed by atoms with van der Waals surface area (Å²) >= 11 is 13.3. The van der Waals surface area contributed by atoms with Crippen molar-refractivity contribution in [3.05, 3.63) is 58.3 Å². The van der Waals surface area contributed by atoms with E-state index in [4.69, 9.17) is 23.2 Å². The molecule has 0 aliphatic carbocycles. The van der Waals surface area contributed by atoms with Crippen LogP contribution in [0.2, 0.25) is 10.0 Å². The van der Waals surface area contributed by atoms with E-state index in [1.807, 2.05) is 6.92 Å². The van der Waals surface area contributed by atoms with Crippen LogP contribution in [0.4, 0.5) is 20.6 Å². The summed E-state index contributed by atoms with van der Waals surface area (Å²) in [6.07, 6.45) is 0. The molecule has 0 spiro atoms. The van der Waals surface area contributed by atoms with Crippen molar-refractivity contribution in [2.24, 2.45) is 4.99 Å². The predicted molar refractivity (Wildman–Crippen MR) is 104 cm³/mol. The van der Waals surface area contributed by atoms with Gasteiger partial charge in [-0.1, -0.05) is 48.0 Å². The summed E-state index contributed by atoms with van der Waals surface area (Å²) in [7, 11) is 0. The van der Waals surface area contributed by atoms with Crippen LogP contribution in [0.15, 0.2) is 47.5 Å². The Hall–Kier alpha value is -1.76. The smallest absolute Gasteiger partial charge is 0.307 e. The van der Waals surface area contributed by atoms with Crippen LogP contribution >= 0.6 is 35.0 Å². The molecule has 1 aliphatic rings. The van der Waals surface area contributed by atoms with Crippen LogP contribution in [0.1, 0.15) is 6.92 Å². The molecule has 4 nitrogen and oxygen atoms in total.